The van der Waals surface area contributed by atoms with E-state index in [1.54, 1.807) is 26.0 Å². The lowest BCUT2D eigenvalue weighted by Crippen LogP contribution is -2.51. The maximum Gasteiger partial charge on any atom is 0.331 e. The van der Waals surface area contributed by atoms with Crippen molar-refractivity contribution in [2.45, 2.75) is 88.6 Å². The highest BCUT2D eigenvalue weighted by atomic mass is 32.2. The average Bonchev–Trinajstić information content (AvgIpc) is 2.80. The smallest absolute Gasteiger partial charge is 0.331 e. The number of carbonyl (C=O) groups is 3. The quantitative estimate of drug-likeness (QED) is 0.605. The van der Waals surface area contributed by atoms with Gasteiger partial charge >= 0.3 is 12.1 Å². The fourth-order valence-electron chi connectivity index (χ4n) is 4.47. The predicted molar refractivity (Wildman–Crippen MR) is 129 cm³/mol. The predicted octanol–water partition coefficient (Wildman–Crippen LogP) is 3.39. The van der Waals surface area contributed by atoms with Crippen molar-refractivity contribution >= 4 is 28.0 Å². The van der Waals surface area contributed by atoms with Gasteiger partial charge in [-0.3, -0.25) is 9.69 Å². The van der Waals surface area contributed by atoms with Crippen LogP contribution in [0.25, 0.3) is 0 Å². The number of hydrogen-bond acceptors (Lipinski definition) is 5. The van der Waals surface area contributed by atoms with E-state index in [1.807, 2.05) is 0 Å². The van der Waals surface area contributed by atoms with Crippen LogP contribution in [0.5, 0.6) is 0 Å². The number of sulfonamides is 1. The van der Waals surface area contributed by atoms with E-state index in [2.05, 4.69) is 10.6 Å². The highest BCUT2D eigenvalue weighted by Crippen LogP contribution is 2.28. The lowest BCUT2D eigenvalue weighted by molar-refractivity contribution is -0.130. The lowest BCUT2D eigenvalue weighted by Gasteiger charge is -2.34. The number of benzene rings is 1. The maximum atomic E-state index is 13.4. The van der Waals surface area contributed by atoms with Crippen LogP contribution in [0, 0.1) is 0 Å². The molecule has 0 spiro atoms. The molecule has 0 radical (unpaired) electrons. The Labute approximate surface area is 202 Å². The van der Waals surface area contributed by atoms with E-state index in [0.717, 1.165) is 42.0 Å². The van der Waals surface area contributed by atoms with Crippen molar-refractivity contribution in [3.63, 3.8) is 0 Å². The summed E-state index contributed by atoms with van der Waals surface area (Å²) in [6.07, 6.45) is 6.72. The Morgan fingerprint density at radius 3 is 2.35 bits per heavy atom. The molecule has 1 aromatic carbocycles. The van der Waals surface area contributed by atoms with Crippen molar-refractivity contribution in [1.82, 2.24) is 19.8 Å². The van der Waals surface area contributed by atoms with E-state index in [-0.39, 0.29) is 28.9 Å². The third-order valence-electron chi connectivity index (χ3n) is 6.26. The minimum Gasteiger partial charge on any atom is -0.337 e. The normalized spacial score (nSPS) is 17.5. The first-order valence-electron chi connectivity index (χ1n) is 12.2. The van der Waals surface area contributed by atoms with Gasteiger partial charge < -0.3 is 10.6 Å². The molecular formula is C24H36N4O5S. The van der Waals surface area contributed by atoms with Crippen LogP contribution in [-0.4, -0.2) is 60.8 Å². The van der Waals surface area contributed by atoms with Crippen LogP contribution >= 0.6 is 0 Å². The van der Waals surface area contributed by atoms with Crippen LogP contribution in [0.4, 0.5) is 9.59 Å². The van der Waals surface area contributed by atoms with Gasteiger partial charge in [0, 0.05) is 25.6 Å². The van der Waals surface area contributed by atoms with E-state index in [4.69, 9.17) is 0 Å². The third kappa shape index (κ3) is 6.49. The molecule has 34 heavy (non-hydrogen) atoms. The average molecular weight is 493 g/mol. The van der Waals surface area contributed by atoms with E-state index < -0.39 is 16.1 Å². The fraction of sp³-hybridized carbons (Fsp3) is 0.625. The number of carbonyl (C=O) groups excluding carboxylic acids is 3. The van der Waals surface area contributed by atoms with Gasteiger partial charge in [0.15, 0.2) is 0 Å². The molecule has 0 atom stereocenters. The van der Waals surface area contributed by atoms with Gasteiger partial charge in [-0.15, -0.1) is 0 Å². The lowest BCUT2D eigenvalue weighted by atomic mass is 9.96. The molecule has 1 saturated carbocycles. The van der Waals surface area contributed by atoms with Crippen LogP contribution in [0.2, 0.25) is 0 Å². The minimum absolute atomic E-state index is 0.0729. The highest BCUT2D eigenvalue weighted by Gasteiger charge is 2.36. The monoisotopic (exact) mass is 492 g/mol. The molecule has 1 aromatic rings. The van der Waals surface area contributed by atoms with Crippen molar-refractivity contribution in [2.24, 2.45) is 0 Å². The fourth-order valence-corrected chi connectivity index (χ4v) is 6.05. The first-order chi connectivity index (χ1) is 16.2. The molecule has 1 saturated heterocycles. The zero-order chi connectivity index (χ0) is 24.7. The molecule has 0 unspecified atom stereocenters. The van der Waals surface area contributed by atoms with Gasteiger partial charge in [-0.1, -0.05) is 31.4 Å². The SMILES string of the molecule is CC(C)NC(=O)N(C1CCCCC1)S(=O)(=O)c1ccc(CCNC(=O)N2CCCCC2=O)cc1. The molecule has 2 aliphatic rings. The number of amides is 5. The number of urea groups is 2. The maximum absolute atomic E-state index is 13.4. The summed E-state index contributed by atoms with van der Waals surface area (Å²) in [5, 5.41) is 5.49. The molecular weight excluding hydrogens is 456 g/mol. The van der Waals surface area contributed by atoms with Crippen molar-refractivity contribution in [1.29, 1.82) is 0 Å². The Morgan fingerprint density at radius 1 is 1.06 bits per heavy atom. The second-order valence-corrected chi connectivity index (χ2v) is 11.1. The van der Waals surface area contributed by atoms with E-state index >= 15 is 0 Å². The largest absolute Gasteiger partial charge is 0.337 e. The van der Waals surface area contributed by atoms with Crippen molar-refractivity contribution in [3.05, 3.63) is 29.8 Å². The summed E-state index contributed by atoms with van der Waals surface area (Å²) in [6, 6.07) is 4.94. The van der Waals surface area contributed by atoms with Gasteiger partial charge in [0.2, 0.25) is 5.91 Å². The van der Waals surface area contributed by atoms with Crippen LogP contribution in [-0.2, 0) is 21.2 Å². The molecule has 0 bridgehead atoms. The molecule has 10 heteroatoms. The van der Waals surface area contributed by atoms with Gasteiger partial charge in [-0.05, 0) is 63.6 Å². The topological polar surface area (TPSA) is 116 Å². The Kier molecular flexibility index (Phi) is 8.93. The molecule has 9 nitrogen and oxygen atoms in total. The number of piperidine rings is 1. The Balaban J connectivity index is 1.65. The molecule has 1 aliphatic carbocycles. The second-order valence-electron chi connectivity index (χ2n) is 9.33. The Morgan fingerprint density at radius 2 is 1.74 bits per heavy atom. The third-order valence-corrected chi connectivity index (χ3v) is 8.11. The van der Waals surface area contributed by atoms with E-state index in [9.17, 15) is 22.8 Å². The van der Waals surface area contributed by atoms with E-state index in [0.29, 0.717) is 38.8 Å². The van der Waals surface area contributed by atoms with Gasteiger partial charge in [-0.2, -0.15) is 0 Å². The van der Waals surface area contributed by atoms with Crippen LogP contribution in [0.3, 0.4) is 0 Å². The number of rotatable bonds is 7. The first kappa shape index (κ1) is 26.0. The second kappa shape index (κ2) is 11.7. The number of nitrogens with one attached hydrogen (secondary N) is 2. The van der Waals surface area contributed by atoms with E-state index in [1.165, 1.54) is 17.0 Å². The molecule has 2 N–H and O–H groups in total. The zero-order valence-electron chi connectivity index (χ0n) is 20.1. The standard InChI is InChI=1S/C24H36N4O5S/c1-18(2)26-24(31)28(20-8-4-3-5-9-20)34(32,33)21-13-11-19(12-14-21)15-16-25-23(30)27-17-7-6-10-22(27)29/h11-14,18,20H,3-10,15-17H2,1-2H3,(H,25,30)(H,26,31). The highest BCUT2D eigenvalue weighted by molar-refractivity contribution is 7.89. The minimum atomic E-state index is -4.01. The molecule has 0 aromatic heterocycles. The van der Waals surface area contributed by atoms with Crippen LogP contribution in [0.15, 0.2) is 29.2 Å². The summed E-state index contributed by atoms with van der Waals surface area (Å²) >= 11 is 0. The van der Waals surface area contributed by atoms with Crippen molar-refractivity contribution < 1.29 is 22.8 Å². The molecule has 3 rings (SSSR count). The summed E-state index contributed by atoms with van der Waals surface area (Å²) in [5.41, 5.74) is 0.847. The van der Waals surface area contributed by atoms with Crippen LogP contribution in [0.1, 0.15) is 70.8 Å². The first-order valence-corrected chi connectivity index (χ1v) is 13.7. The summed E-state index contributed by atoms with van der Waals surface area (Å²) in [5.74, 6) is -0.151. The molecule has 2 fully saturated rings. The summed E-state index contributed by atoms with van der Waals surface area (Å²) in [7, 11) is -4.01. The Hall–Kier alpha value is -2.62. The molecule has 5 amide bonds. The Bertz CT molecular complexity index is 972. The summed E-state index contributed by atoms with van der Waals surface area (Å²) in [6.45, 7) is 4.38. The van der Waals surface area contributed by atoms with Crippen molar-refractivity contribution in [2.75, 3.05) is 13.1 Å². The number of imide groups is 1. The number of hydrogen-bond donors (Lipinski definition) is 2. The zero-order valence-corrected chi connectivity index (χ0v) is 20.9. The number of nitrogens with zero attached hydrogens (tertiary/aromatic N) is 2. The molecule has 1 heterocycles. The van der Waals surface area contributed by atoms with Gasteiger partial charge in [-0.25, -0.2) is 22.3 Å². The van der Waals surface area contributed by atoms with Crippen molar-refractivity contribution in [3.8, 4) is 0 Å². The summed E-state index contributed by atoms with van der Waals surface area (Å²) in [4.78, 5) is 38.3. The number of likely N-dealkylation sites (tertiary alicyclic amines) is 1. The summed E-state index contributed by atoms with van der Waals surface area (Å²) < 4.78 is 27.9. The van der Waals surface area contributed by atoms with Gasteiger partial charge in [0.25, 0.3) is 10.0 Å². The molecule has 188 valence electrons. The molecule has 1 aliphatic heterocycles. The van der Waals surface area contributed by atoms with Gasteiger partial charge in [0.05, 0.1) is 10.9 Å². The van der Waals surface area contributed by atoms with Crippen LogP contribution < -0.4 is 10.6 Å². The van der Waals surface area contributed by atoms with Gasteiger partial charge in [0.1, 0.15) is 0 Å².